The van der Waals surface area contributed by atoms with Gasteiger partial charge in [-0.25, -0.2) is 13.2 Å². The standard InChI is InChI=1S/C14H10N4O3S/c15-8-9-1-3-10(4-2-9)18-22(20,21)11-5-6-12-13(7-11)17-14(19)16-12/h1-7,18H,(H2,16,17,19). The molecule has 0 radical (unpaired) electrons. The first kappa shape index (κ1) is 13.9. The lowest BCUT2D eigenvalue weighted by Gasteiger charge is -2.08. The van der Waals surface area contributed by atoms with E-state index in [2.05, 4.69) is 14.7 Å². The maximum Gasteiger partial charge on any atom is 0.323 e. The monoisotopic (exact) mass is 314 g/mol. The number of nitrogens with zero attached hydrogens (tertiary/aromatic N) is 1. The molecule has 3 N–H and O–H groups in total. The molecule has 0 aliphatic carbocycles. The van der Waals surface area contributed by atoms with E-state index in [1.807, 2.05) is 6.07 Å². The molecule has 2 aromatic carbocycles. The Bertz CT molecular complexity index is 1040. The third-order valence-electron chi connectivity index (χ3n) is 3.06. The van der Waals surface area contributed by atoms with Crippen molar-refractivity contribution in [3.8, 4) is 6.07 Å². The second kappa shape index (κ2) is 5.05. The minimum atomic E-state index is -3.78. The van der Waals surface area contributed by atoms with Crippen molar-refractivity contribution in [3.05, 3.63) is 58.5 Å². The first-order chi connectivity index (χ1) is 10.5. The van der Waals surface area contributed by atoms with Gasteiger partial charge in [-0.3, -0.25) is 4.72 Å². The number of anilines is 1. The minimum absolute atomic E-state index is 0.0274. The summed E-state index contributed by atoms with van der Waals surface area (Å²) in [6.45, 7) is 0. The number of benzene rings is 2. The summed E-state index contributed by atoms with van der Waals surface area (Å²) in [5.74, 6) is 0. The van der Waals surface area contributed by atoms with Crippen LogP contribution in [0.5, 0.6) is 0 Å². The van der Waals surface area contributed by atoms with Crippen molar-refractivity contribution >= 4 is 26.7 Å². The molecule has 0 bridgehead atoms. The molecule has 0 aliphatic heterocycles. The molecule has 0 aliphatic rings. The van der Waals surface area contributed by atoms with Gasteiger partial charge >= 0.3 is 5.69 Å². The SMILES string of the molecule is N#Cc1ccc(NS(=O)(=O)c2ccc3[nH]c(=O)[nH]c3c2)cc1. The van der Waals surface area contributed by atoms with Gasteiger partial charge in [0.05, 0.1) is 27.6 Å². The molecule has 0 fully saturated rings. The minimum Gasteiger partial charge on any atom is -0.306 e. The fourth-order valence-electron chi connectivity index (χ4n) is 2.01. The molecule has 0 saturated heterocycles. The molecule has 0 unspecified atom stereocenters. The van der Waals surface area contributed by atoms with E-state index >= 15 is 0 Å². The van der Waals surface area contributed by atoms with Gasteiger partial charge in [0.2, 0.25) is 0 Å². The molecule has 1 heterocycles. The summed E-state index contributed by atoms with van der Waals surface area (Å²) in [6, 6.07) is 12.3. The third kappa shape index (κ3) is 2.57. The average Bonchev–Trinajstić information content (AvgIpc) is 2.86. The van der Waals surface area contributed by atoms with Crippen LogP contribution in [-0.2, 0) is 10.0 Å². The van der Waals surface area contributed by atoms with Gasteiger partial charge < -0.3 is 9.97 Å². The fourth-order valence-corrected chi connectivity index (χ4v) is 3.09. The van der Waals surface area contributed by atoms with Gasteiger partial charge in [0, 0.05) is 5.69 Å². The number of aromatic amines is 2. The summed E-state index contributed by atoms with van der Waals surface area (Å²) >= 11 is 0. The summed E-state index contributed by atoms with van der Waals surface area (Å²) in [7, 11) is -3.78. The van der Waals surface area contributed by atoms with Crippen LogP contribution in [-0.4, -0.2) is 18.4 Å². The van der Waals surface area contributed by atoms with Crippen LogP contribution in [0.15, 0.2) is 52.2 Å². The molecule has 0 saturated carbocycles. The van der Waals surface area contributed by atoms with E-state index in [-0.39, 0.29) is 4.90 Å². The smallest absolute Gasteiger partial charge is 0.306 e. The van der Waals surface area contributed by atoms with E-state index in [1.54, 1.807) is 0 Å². The van der Waals surface area contributed by atoms with E-state index in [0.717, 1.165) is 0 Å². The number of H-pyrrole nitrogens is 2. The van der Waals surface area contributed by atoms with E-state index in [1.165, 1.54) is 42.5 Å². The number of imidazole rings is 1. The molecule has 3 aromatic rings. The first-order valence-corrected chi connectivity index (χ1v) is 7.71. The highest BCUT2D eigenvalue weighted by Crippen LogP contribution is 2.19. The van der Waals surface area contributed by atoms with E-state index in [9.17, 15) is 13.2 Å². The second-order valence-corrected chi connectivity index (χ2v) is 6.26. The van der Waals surface area contributed by atoms with Gasteiger partial charge in [-0.1, -0.05) is 0 Å². The van der Waals surface area contributed by atoms with Crippen LogP contribution in [0.25, 0.3) is 11.0 Å². The van der Waals surface area contributed by atoms with Crippen LogP contribution < -0.4 is 10.4 Å². The number of rotatable bonds is 3. The van der Waals surface area contributed by atoms with Gasteiger partial charge in [-0.15, -0.1) is 0 Å². The second-order valence-electron chi connectivity index (χ2n) is 4.58. The van der Waals surface area contributed by atoms with Crippen molar-refractivity contribution in [2.75, 3.05) is 4.72 Å². The van der Waals surface area contributed by atoms with Gasteiger partial charge in [0.1, 0.15) is 0 Å². The lowest BCUT2D eigenvalue weighted by molar-refractivity contribution is 0.601. The average molecular weight is 314 g/mol. The van der Waals surface area contributed by atoms with E-state index < -0.39 is 15.7 Å². The number of hydrogen-bond acceptors (Lipinski definition) is 4. The Labute approximate surface area is 125 Å². The molecule has 7 nitrogen and oxygen atoms in total. The van der Waals surface area contributed by atoms with Crippen LogP contribution in [0.2, 0.25) is 0 Å². The first-order valence-electron chi connectivity index (χ1n) is 6.23. The lowest BCUT2D eigenvalue weighted by atomic mass is 10.2. The summed E-state index contributed by atoms with van der Waals surface area (Å²) < 4.78 is 27.1. The highest BCUT2D eigenvalue weighted by atomic mass is 32.2. The summed E-state index contributed by atoms with van der Waals surface area (Å²) in [5, 5.41) is 8.72. The molecule has 0 atom stereocenters. The number of aromatic nitrogens is 2. The summed E-state index contributed by atoms with van der Waals surface area (Å²) in [4.78, 5) is 16.3. The molecular formula is C14H10N4O3S. The quantitative estimate of drug-likeness (QED) is 0.679. The molecule has 1 aromatic heterocycles. The molecule has 0 spiro atoms. The van der Waals surface area contributed by atoms with E-state index in [0.29, 0.717) is 22.3 Å². The van der Waals surface area contributed by atoms with Crippen molar-refractivity contribution in [1.29, 1.82) is 5.26 Å². The zero-order chi connectivity index (χ0) is 15.7. The third-order valence-corrected chi connectivity index (χ3v) is 4.44. The van der Waals surface area contributed by atoms with E-state index in [4.69, 9.17) is 5.26 Å². The van der Waals surface area contributed by atoms with Crippen molar-refractivity contribution < 1.29 is 8.42 Å². The number of sulfonamides is 1. The Balaban J connectivity index is 1.96. The predicted octanol–water partition coefficient (Wildman–Crippen LogP) is 1.53. The largest absolute Gasteiger partial charge is 0.323 e. The van der Waals surface area contributed by atoms with Crippen LogP contribution in [0.1, 0.15) is 5.56 Å². The van der Waals surface area contributed by atoms with Gasteiger partial charge in [0.25, 0.3) is 10.0 Å². The summed E-state index contributed by atoms with van der Waals surface area (Å²) in [5.41, 5.74) is 1.33. The van der Waals surface area contributed by atoms with Crippen LogP contribution >= 0.6 is 0 Å². The Morgan fingerprint density at radius 3 is 2.36 bits per heavy atom. The lowest BCUT2D eigenvalue weighted by Crippen LogP contribution is -2.12. The van der Waals surface area contributed by atoms with Crippen molar-refractivity contribution in [1.82, 2.24) is 9.97 Å². The van der Waals surface area contributed by atoms with Crippen LogP contribution in [0.4, 0.5) is 5.69 Å². The fraction of sp³-hybridized carbons (Fsp3) is 0. The molecule has 110 valence electrons. The van der Waals surface area contributed by atoms with Gasteiger partial charge in [0.15, 0.2) is 0 Å². The van der Waals surface area contributed by atoms with Crippen molar-refractivity contribution in [2.24, 2.45) is 0 Å². The molecule has 3 rings (SSSR count). The predicted molar refractivity (Wildman–Crippen MR) is 80.9 cm³/mol. The maximum absolute atomic E-state index is 12.3. The zero-order valence-corrected chi connectivity index (χ0v) is 11.9. The number of fused-ring (bicyclic) bond motifs is 1. The Morgan fingerprint density at radius 2 is 1.68 bits per heavy atom. The highest BCUT2D eigenvalue weighted by molar-refractivity contribution is 7.92. The maximum atomic E-state index is 12.3. The van der Waals surface area contributed by atoms with Gasteiger partial charge in [-0.05, 0) is 42.5 Å². The highest BCUT2D eigenvalue weighted by Gasteiger charge is 2.15. The zero-order valence-electron chi connectivity index (χ0n) is 11.1. The Kier molecular flexibility index (Phi) is 3.19. The normalized spacial score (nSPS) is 11.2. The molecular weight excluding hydrogens is 304 g/mol. The topological polar surface area (TPSA) is 119 Å². The van der Waals surface area contributed by atoms with Gasteiger partial charge in [-0.2, -0.15) is 5.26 Å². The van der Waals surface area contributed by atoms with Crippen molar-refractivity contribution in [2.45, 2.75) is 4.90 Å². The van der Waals surface area contributed by atoms with Crippen molar-refractivity contribution in [3.63, 3.8) is 0 Å². The number of nitrogens with one attached hydrogen (secondary N) is 3. The molecule has 22 heavy (non-hydrogen) atoms. The number of nitriles is 1. The van der Waals surface area contributed by atoms with Crippen LogP contribution in [0, 0.1) is 11.3 Å². The Morgan fingerprint density at radius 1 is 1.00 bits per heavy atom. The van der Waals surface area contributed by atoms with Crippen LogP contribution in [0.3, 0.4) is 0 Å². The summed E-state index contributed by atoms with van der Waals surface area (Å²) in [6.07, 6.45) is 0. The Hall–Kier alpha value is -3.05. The number of hydrogen-bond donors (Lipinski definition) is 3. The molecule has 8 heteroatoms. The molecule has 0 amide bonds.